The predicted octanol–water partition coefficient (Wildman–Crippen LogP) is 0.736. The van der Waals surface area contributed by atoms with Crippen LogP contribution in [0.3, 0.4) is 0 Å². The summed E-state index contributed by atoms with van der Waals surface area (Å²) in [4.78, 5) is 0. The fourth-order valence-corrected chi connectivity index (χ4v) is 1.61. The predicted molar refractivity (Wildman–Crippen MR) is 83.8 cm³/mol. The highest BCUT2D eigenvalue weighted by Gasteiger charge is 2.23. The van der Waals surface area contributed by atoms with E-state index >= 15 is 0 Å². The largest absolute Gasteiger partial charge is 0.394 e. The van der Waals surface area contributed by atoms with Crippen molar-refractivity contribution in [3.63, 3.8) is 0 Å². The van der Waals surface area contributed by atoms with Crippen LogP contribution in [0.5, 0.6) is 0 Å². The van der Waals surface area contributed by atoms with Crippen molar-refractivity contribution in [2.45, 2.75) is 70.2 Å². The van der Waals surface area contributed by atoms with E-state index in [0.29, 0.717) is 0 Å². The first-order chi connectivity index (χ1) is 9.76. The van der Waals surface area contributed by atoms with Gasteiger partial charge in [0.2, 0.25) is 0 Å². The highest BCUT2D eigenvalue weighted by atomic mass is 16.7. The van der Waals surface area contributed by atoms with E-state index < -0.39 is 17.4 Å². The molecule has 0 bridgehead atoms. The Morgan fingerprint density at radius 3 is 1.76 bits per heavy atom. The van der Waals surface area contributed by atoms with Crippen LogP contribution in [0.25, 0.3) is 0 Å². The van der Waals surface area contributed by atoms with Crippen LogP contribution in [0, 0.1) is 0 Å². The normalized spacial score (nSPS) is 19.0. The molecule has 0 aliphatic heterocycles. The molecule has 0 fully saturated rings. The minimum atomic E-state index is -0.784. The Balaban J connectivity index is 4.26. The van der Waals surface area contributed by atoms with Gasteiger partial charge in [0.05, 0.1) is 37.5 Å². The van der Waals surface area contributed by atoms with Crippen LogP contribution < -0.4 is 11.5 Å². The van der Waals surface area contributed by atoms with E-state index in [0.717, 1.165) is 19.3 Å². The summed E-state index contributed by atoms with van der Waals surface area (Å²) >= 11 is 0. The molecule has 0 saturated carbocycles. The molecule has 2 atom stereocenters. The van der Waals surface area contributed by atoms with E-state index in [1.807, 2.05) is 0 Å². The highest BCUT2D eigenvalue weighted by molar-refractivity contribution is 4.78. The van der Waals surface area contributed by atoms with E-state index in [1.54, 1.807) is 13.8 Å². The first-order valence-corrected chi connectivity index (χ1v) is 7.79. The van der Waals surface area contributed by atoms with E-state index in [-0.39, 0.29) is 26.4 Å². The molecule has 0 heterocycles. The Morgan fingerprint density at radius 2 is 1.38 bits per heavy atom. The lowest BCUT2D eigenvalue weighted by molar-refractivity contribution is -0.167. The third kappa shape index (κ3) is 11.0. The molecule has 21 heavy (non-hydrogen) atoms. The van der Waals surface area contributed by atoms with Crippen LogP contribution in [0.2, 0.25) is 0 Å². The van der Waals surface area contributed by atoms with Gasteiger partial charge in [0.15, 0.2) is 6.29 Å². The third-order valence-electron chi connectivity index (χ3n) is 3.21. The lowest BCUT2D eigenvalue weighted by Gasteiger charge is -2.29. The van der Waals surface area contributed by atoms with Crippen molar-refractivity contribution in [2.75, 3.05) is 26.4 Å². The molecule has 6 N–H and O–H groups in total. The zero-order valence-corrected chi connectivity index (χ0v) is 13.8. The third-order valence-corrected chi connectivity index (χ3v) is 3.21. The lowest BCUT2D eigenvalue weighted by atomic mass is 10.1. The van der Waals surface area contributed by atoms with Crippen LogP contribution in [0.4, 0.5) is 0 Å². The molecule has 0 aromatic heterocycles. The molecular weight excluding hydrogens is 272 g/mol. The van der Waals surface area contributed by atoms with Gasteiger partial charge in [0.25, 0.3) is 0 Å². The van der Waals surface area contributed by atoms with Gasteiger partial charge in [-0.1, -0.05) is 26.2 Å². The molecule has 6 heteroatoms. The van der Waals surface area contributed by atoms with Crippen LogP contribution in [-0.4, -0.2) is 54.0 Å². The van der Waals surface area contributed by atoms with Crippen LogP contribution in [0.15, 0.2) is 0 Å². The van der Waals surface area contributed by atoms with Gasteiger partial charge in [-0.15, -0.1) is 0 Å². The van der Waals surface area contributed by atoms with Crippen LogP contribution in [-0.2, 0) is 9.47 Å². The van der Waals surface area contributed by atoms with Gasteiger partial charge >= 0.3 is 0 Å². The smallest absolute Gasteiger partial charge is 0.157 e. The number of ether oxygens (including phenoxy) is 2. The van der Waals surface area contributed by atoms with E-state index in [1.165, 1.54) is 12.8 Å². The first-order valence-electron chi connectivity index (χ1n) is 7.79. The Labute approximate surface area is 128 Å². The van der Waals surface area contributed by atoms with Crippen LogP contribution in [0.1, 0.15) is 52.9 Å². The number of hydrogen-bond acceptors (Lipinski definition) is 6. The van der Waals surface area contributed by atoms with Crippen molar-refractivity contribution in [3.05, 3.63) is 0 Å². The van der Waals surface area contributed by atoms with E-state index in [4.69, 9.17) is 31.2 Å². The zero-order valence-electron chi connectivity index (χ0n) is 13.8. The Hall–Kier alpha value is -0.240. The van der Waals surface area contributed by atoms with Crippen molar-refractivity contribution < 1.29 is 19.7 Å². The zero-order chi connectivity index (χ0) is 16.4. The average molecular weight is 306 g/mol. The van der Waals surface area contributed by atoms with Gasteiger partial charge in [0.1, 0.15) is 0 Å². The quantitative estimate of drug-likeness (QED) is 0.295. The summed E-state index contributed by atoms with van der Waals surface area (Å²) in [6, 6.07) is 0. The molecule has 128 valence electrons. The van der Waals surface area contributed by atoms with Crippen molar-refractivity contribution in [1.29, 1.82) is 0 Å². The van der Waals surface area contributed by atoms with Crippen molar-refractivity contribution in [1.82, 2.24) is 0 Å². The molecule has 0 aromatic carbocycles. The van der Waals surface area contributed by atoms with Crippen molar-refractivity contribution in [2.24, 2.45) is 11.5 Å². The number of aliphatic hydroxyl groups is 2. The SMILES string of the molecule is CCCCCCC(OCC(C)(N)CO)OCC(C)(N)CO. The van der Waals surface area contributed by atoms with Gasteiger partial charge in [-0.3, -0.25) is 0 Å². The second-order valence-corrected chi connectivity index (χ2v) is 6.53. The summed E-state index contributed by atoms with van der Waals surface area (Å²) in [5.41, 5.74) is 10.1. The minimum absolute atomic E-state index is 0.152. The van der Waals surface area contributed by atoms with Gasteiger partial charge in [0, 0.05) is 0 Å². The Morgan fingerprint density at radius 1 is 0.905 bits per heavy atom. The minimum Gasteiger partial charge on any atom is -0.394 e. The summed E-state index contributed by atoms with van der Waals surface area (Å²) in [5, 5.41) is 18.3. The number of unbranched alkanes of at least 4 members (excludes halogenated alkanes) is 3. The van der Waals surface area contributed by atoms with Gasteiger partial charge < -0.3 is 31.2 Å². The summed E-state index contributed by atoms with van der Waals surface area (Å²) in [6.45, 7) is 5.73. The monoisotopic (exact) mass is 306 g/mol. The van der Waals surface area contributed by atoms with Gasteiger partial charge in [-0.05, 0) is 26.7 Å². The second-order valence-electron chi connectivity index (χ2n) is 6.53. The number of hydrogen-bond donors (Lipinski definition) is 4. The fourth-order valence-electron chi connectivity index (χ4n) is 1.61. The van der Waals surface area contributed by atoms with Crippen LogP contribution >= 0.6 is 0 Å². The van der Waals surface area contributed by atoms with Crippen molar-refractivity contribution in [3.8, 4) is 0 Å². The number of aliphatic hydroxyl groups excluding tert-OH is 2. The Bertz CT molecular complexity index is 240. The number of rotatable bonds is 13. The molecule has 0 radical (unpaired) electrons. The standard InChI is InChI=1S/C15H34N2O4/c1-4-5-6-7-8-13(20-11-14(2,16)9-18)21-12-15(3,17)10-19/h13,18-19H,4-12,16-17H2,1-3H3. The molecule has 0 amide bonds. The summed E-state index contributed by atoms with van der Waals surface area (Å²) in [6.07, 6.45) is 4.82. The highest BCUT2D eigenvalue weighted by Crippen LogP contribution is 2.13. The number of nitrogens with two attached hydrogens (primary N) is 2. The van der Waals surface area contributed by atoms with E-state index in [9.17, 15) is 0 Å². The van der Waals surface area contributed by atoms with E-state index in [2.05, 4.69) is 6.92 Å². The maximum Gasteiger partial charge on any atom is 0.157 e. The van der Waals surface area contributed by atoms with Gasteiger partial charge in [-0.25, -0.2) is 0 Å². The van der Waals surface area contributed by atoms with Crippen molar-refractivity contribution >= 4 is 0 Å². The molecule has 0 aliphatic rings. The molecule has 0 rings (SSSR count). The first kappa shape index (κ1) is 20.8. The molecule has 0 spiro atoms. The molecular formula is C15H34N2O4. The summed E-state index contributed by atoms with van der Waals surface area (Å²) < 4.78 is 11.3. The maximum absolute atomic E-state index is 9.15. The molecule has 6 nitrogen and oxygen atoms in total. The fraction of sp³-hybridized carbons (Fsp3) is 1.00. The topological polar surface area (TPSA) is 111 Å². The maximum atomic E-state index is 9.15. The molecule has 0 aliphatic carbocycles. The second kappa shape index (κ2) is 10.5. The summed E-state index contributed by atoms with van der Waals surface area (Å²) in [5.74, 6) is 0. The molecule has 0 aromatic rings. The summed E-state index contributed by atoms with van der Waals surface area (Å²) in [7, 11) is 0. The lowest BCUT2D eigenvalue weighted by Crippen LogP contribution is -2.48. The average Bonchev–Trinajstić information content (AvgIpc) is 2.45. The van der Waals surface area contributed by atoms with Gasteiger partial charge in [-0.2, -0.15) is 0 Å². The molecule has 2 unspecified atom stereocenters. The Kier molecular flexibility index (Phi) is 10.4. The molecule has 0 saturated heterocycles.